The number of hydrogen-bond donors (Lipinski definition) is 2. The summed E-state index contributed by atoms with van der Waals surface area (Å²) in [5.41, 5.74) is 1.08. The van der Waals surface area contributed by atoms with Crippen molar-refractivity contribution in [2.24, 2.45) is 0 Å². The van der Waals surface area contributed by atoms with Gasteiger partial charge in [0, 0.05) is 31.4 Å². The standard InChI is InChI=1S/C15H23N3O3S/c1-12(18(2)14-6-4-3-5-7-14)10-16-15(19)17-13-8-9-22(20,21)11-13/h3-7,12-13H,8-11H2,1-2H3,(H2,16,17,19)/t12-,13+/m1/s1. The van der Waals surface area contributed by atoms with Gasteiger partial charge in [0.15, 0.2) is 9.84 Å². The molecule has 0 unspecified atom stereocenters. The zero-order chi connectivity index (χ0) is 16.2. The van der Waals surface area contributed by atoms with E-state index in [1.54, 1.807) is 0 Å². The van der Waals surface area contributed by atoms with Gasteiger partial charge in [-0.15, -0.1) is 0 Å². The summed E-state index contributed by atoms with van der Waals surface area (Å²) < 4.78 is 22.7. The number of urea groups is 1. The minimum atomic E-state index is -2.97. The van der Waals surface area contributed by atoms with Crippen molar-refractivity contribution in [3.05, 3.63) is 30.3 Å². The van der Waals surface area contributed by atoms with Gasteiger partial charge in [-0.3, -0.25) is 0 Å². The number of hydrogen-bond acceptors (Lipinski definition) is 4. The molecule has 1 aromatic carbocycles. The van der Waals surface area contributed by atoms with E-state index in [2.05, 4.69) is 15.5 Å². The van der Waals surface area contributed by atoms with Crippen molar-refractivity contribution in [2.45, 2.75) is 25.4 Å². The summed E-state index contributed by atoms with van der Waals surface area (Å²) >= 11 is 0. The maximum Gasteiger partial charge on any atom is 0.315 e. The van der Waals surface area contributed by atoms with E-state index in [-0.39, 0.29) is 29.6 Å². The number of carbonyl (C=O) groups is 1. The monoisotopic (exact) mass is 325 g/mol. The molecule has 122 valence electrons. The van der Waals surface area contributed by atoms with Gasteiger partial charge < -0.3 is 15.5 Å². The highest BCUT2D eigenvalue weighted by atomic mass is 32.2. The Bertz CT molecular complexity index is 604. The second kappa shape index (κ2) is 7.00. The van der Waals surface area contributed by atoms with E-state index < -0.39 is 9.84 Å². The maximum absolute atomic E-state index is 11.8. The van der Waals surface area contributed by atoms with Crippen LogP contribution in [-0.4, -0.2) is 51.6 Å². The van der Waals surface area contributed by atoms with Crippen LogP contribution in [0.4, 0.5) is 10.5 Å². The van der Waals surface area contributed by atoms with E-state index in [4.69, 9.17) is 0 Å². The van der Waals surface area contributed by atoms with Crippen LogP contribution in [0.2, 0.25) is 0 Å². The summed E-state index contributed by atoms with van der Waals surface area (Å²) in [6.45, 7) is 2.50. The number of benzene rings is 1. The Morgan fingerprint density at radius 3 is 2.64 bits per heavy atom. The predicted octanol–water partition coefficient (Wildman–Crippen LogP) is 0.998. The third kappa shape index (κ3) is 4.62. The van der Waals surface area contributed by atoms with Crippen molar-refractivity contribution in [2.75, 3.05) is 30.0 Å². The lowest BCUT2D eigenvalue weighted by atomic mass is 10.2. The van der Waals surface area contributed by atoms with E-state index in [1.807, 2.05) is 44.3 Å². The molecule has 0 saturated carbocycles. The molecule has 0 radical (unpaired) electrons. The Labute approximate surface area is 131 Å². The van der Waals surface area contributed by atoms with Crippen LogP contribution in [0.15, 0.2) is 30.3 Å². The molecule has 22 heavy (non-hydrogen) atoms. The van der Waals surface area contributed by atoms with E-state index in [0.29, 0.717) is 13.0 Å². The van der Waals surface area contributed by atoms with Gasteiger partial charge in [-0.2, -0.15) is 0 Å². The van der Waals surface area contributed by atoms with Gasteiger partial charge in [0.05, 0.1) is 11.5 Å². The Kier molecular flexibility index (Phi) is 5.28. The highest BCUT2D eigenvalue weighted by molar-refractivity contribution is 7.91. The van der Waals surface area contributed by atoms with Crippen molar-refractivity contribution in [1.82, 2.24) is 10.6 Å². The van der Waals surface area contributed by atoms with Crippen molar-refractivity contribution in [3.8, 4) is 0 Å². The summed E-state index contributed by atoms with van der Waals surface area (Å²) in [6.07, 6.45) is 0.495. The molecule has 1 aliphatic rings. The second-order valence-corrected chi connectivity index (χ2v) is 7.98. The first kappa shape index (κ1) is 16.6. The van der Waals surface area contributed by atoms with Crippen LogP contribution in [0.1, 0.15) is 13.3 Å². The molecule has 0 bridgehead atoms. The van der Waals surface area contributed by atoms with Gasteiger partial charge in [0.25, 0.3) is 0 Å². The topological polar surface area (TPSA) is 78.5 Å². The minimum Gasteiger partial charge on any atom is -0.370 e. The van der Waals surface area contributed by atoms with Gasteiger partial charge >= 0.3 is 6.03 Å². The Hall–Kier alpha value is -1.76. The van der Waals surface area contributed by atoms with Crippen LogP contribution in [0.5, 0.6) is 0 Å². The first-order valence-electron chi connectivity index (χ1n) is 7.40. The zero-order valence-corrected chi connectivity index (χ0v) is 13.8. The lowest BCUT2D eigenvalue weighted by molar-refractivity contribution is 0.237. The van der Waals surface area contributed by atoms with Crippen molar-refractivity contribution < 1.29 is 13.2 Å². The molecule has 7 heteroatoms. The number of para-hydroxylation sites is 1. The van der Waals surface area contributed by atoms with Gasteiger partial charge in [0.2, 0.25) is 0 Å². The van der Waals surface area contributed by atoms with Gasteiger partial charge in [-0.25, -0.2) is 13.2 Å². The first-order chi connectivity index (χ1) is 10.4. The number of likely N-dealkylation sites (N-methyl/N-ethyl adjacent to an activating group) is 1. The fraction of sp³-hybridized carbons (Fsp3) is 0.533. The van der Waals surface area contributed by atoms with Gasteiger partial charge in [0.1, 0.15) is 0 Å². The quantitative estimate of drug-likeness (QED) is 0.846. The van der Waals surface area contributed by atoms with E-state index in [0.717, 1.165) is 5.69 Å². The second-order valence-electron chi connectivity index (χ2n) is 5.75. The smallest absolute Gasteiger partial charge is 0.315 e. The predicted molar refractivity (Wildman–Crippen MR) is 87.9 cm³/mol. The number of anilines is 1. The Morgan fingerprint density at radius 1 is 1.36 bits per heavy atom. The fourth-order valence-electron chi connectivity index (χ4n) is 2.44. The molecule has 2 amide bonds. The highest BCUT2D eigenvalue weighted by Gasteiger charge is 2.28. The number of amides is 2. The maximum atomic E-state index is 11.8. The third-order valence-corrected chi connectivity index (χ3v) is 5.72. The lowest BCUT2D eigenvalue weighted by Gasteiger charge is -2.27. The van der Waals surface area contributed by atoms with Crippen LogP contribution >= 0.6 is 0 Å². The minimum absolute atomic E-state index is 0.0416. The zero-order valence-electron chi connectivity index (χ0n) is 13.0. The molecular weight excluding hydrogens is 302 g/mol. The SMILES string of the molecule is C[C@H](CNC(=O)N[C@H]1CCS(=O)(=O)C1)N(C)c1ccccc1. The first-order valence-corrected chi connectivity index (χ1v) is 9.22. The van der Waals surface area contributed by atoms with E-state index >= 15 is 0 Å². The number of carbonyl (C=O) groups excluding carboxylic acids is 1. The van der Waals surface area contributed by atoms with E-state index in [1.165, 1.54) is 0 Å². The van der Waals surface area contributed by atoms with Crippen LogP contribution in [0.25, 0.3) is 0 Å². The van der Waals surface area contributed by atoms with Crippen molar-refractivity contribution >= 4 is 21.6 Å². The number of sulfone groups is 1. The molecular formula is C15H23N3O3S. The molecule has 0 aromatic heterocycles. The largest absolute Gasteiger partial charge is 0.370 e. The van der Waals surface area contributed by atoms with E-state index in [9.17, 15) is 13.2 Å². The van der Waals surface area contributed by atoms with Gasteiger partial charge in [-0.1, -0.05) is 18.2 Å². The fourth-order valence-corrected chi connectivity index (χ4v) is 4.11. The van der Waals surface area contributed by atoms with Crippen LogP contribution in [-0.2, 0) is 9.84 Å². The Balaban J connectivity index is 1.76. The number of nitrogens with zero attached hydrogens (tertiary/aromatic N) is 1. The summed E-state index contributed by atoms with van der Waals surface area (Å²) in [5, 5.41) is 5.52. The molecule has 1 aliphatic heterocycles. The molecule has 1 heterocycles. The average molecular weight is 325 g/mol. The van der Waals surface area contributed by atoms with Crippen molar-refractivity contribution in [3.63, 3.8) is 0 Å². The highest BCUT2D eigenvalue weighted by Crippen LogP contribution is 2.14. The summed E-state index contributed by atoms with van der Waals surface area (Å²) in [7, 11) is -0.997. The van der Waals surface area contributed by atoms with Crippen LogP contribution in [0, 0.1) is 0 Å². The molecule has 1 aromatic rings. The molecule has 1 fully saturated rings. The average Bonchev–Trinajstić information content (AvgIpc) is 2.83. The molecule has 6 nitrogen and oxygen atoms in total. The summed E-state index contributed by atoms with van der Waals surface area (Å²) in [6, 6.07) is 9.48. The number of rotatable bonds is 5. The van der Waals surface area contributed by atoms with Crippen LogP contribution < -0.4 is 15.5 Å². The normalized spacial score (nSPS) is 21.1. The summed E-state index contributed by atoms with van der Waals surface area (Å²) in [5.74, 6) is 0.199. The summed E-state index contributed by atoms with van der Waals surface area (Å²) in [4.78, 5) is 13.9. The Morgan fingerprint density at radius 2 is 2.05 bits per heavy atom. The molecule has 0 aliphatic carbocycles. The van der Waals surface area contributed by atoms with Crippen LogP contribution in [0.3, 0.4) is 0 Å². The molecule has 2 N–H and O–H groups in total. The van der Waals surface area contributed by atoms with Gasteiger partial charge in [-0.05, 0) is 25.5 Å². The number of nitrogens with one attached hydrogen (secondary N) is 2. The molecule has 2 rings (SSSR count). The lowest BCUT2D eigenvalue weighted by Crippen LogP contribution is -2.47. The molecule has 2 atom stereocenters. The molecule has 0 spiro atoms. The third-order valence-electron chi connectivity index (χ3n) is 3.95. The molecule has 1 saturated heterocycles. The van der Waals surface area contributed by atoms with Crippen molar-refractivity contribution in [1.29, 1.82) is 0 Å².